The molecule has 0 unspecified atom stereocenters. The molecule has 3 aromatic carbocycles. The lowest BCUT2D eigenvalue weighted by Gasteiger charge is -2.32. The Bertz CT molecular complexity index is 1390. The first-order chi connectivity index (χ1) is 18.6. The minimum Gasteiger partial charge on any atom is -0.352 e. The Morgan fingerprint density at radius 3 is 2.28 bits per heavy atom. The van der Waals surface area contributed by atoms with E-state index in [0.717, 1.165) is 53.2 Å². The maximum absolute atomic E-state index is 13.9. The van der Waals surface area contributed by atoms with Crippen molar-refractivity contribution in [3.05, 3.63) is 95.8 Å². The number of benzene rings is 3. The van der Waals surface area contributed by atoms with Crippen LogP contribution in [-0.2, 0) is 26.2 Å². The van der Waals surface area contributed by atoms with Crippen molar-refractivity contribution in [2.75, 3.05) is 10.8 Å². The molecule has 1 saturated carbocycles. The van der Waals surface area contributed by atoms with Crippen LogP contribution in [0.2, 0.25) is 0 Å². The zero-order valence-corrected chi connectivity index (χ0v) is 23.0. The first kappa shape index (κ1) is 28.3. The Balaban J connectivity index is 1.67. The Kier molecular flexibility index (Phi) is 9.01. The molecule has 9 heteroatoms. The van der Waals surface area contributed by atoms with Gasteiger partial charge in [0.1, 0.15) is 18.4 Å². The summed E-state index contributed by atoms with van der Waals surface area (Å²) in [6.45, 7) is 3.17. The lowest BCUT2D eigenvalue weighted by Crippen LogP contribution is -2.52. The minimum absolute atomic E-state index is 0.000570. The second kappa shape index (κ2) is 12.4. The van der Waals surface area contributed by atoms with Gasteiger partial charge in [-0.25, -0.2) is 12.8 Å². The fourth-order valence-corrected chi connectivity index (χ4v) is 6.27. The van der Waals surface area contributed by atoms with Crippen molar-refractivity contribution >= 4 is 27.5 Å². The first-order valence-electron chi connectivity index (χ1n) is 13.1. The van der Waals surface area contributed by atoms with Gasteiger partial charge in [0.2, 0.25) is 11.8 Å². The molecule has 4 rings (SSSR count). The minimum atomic E-state index is -4.18. The number of carbonyl (C=O) groups excluding carboxylic acids is 2. The standard InChI is InChI=1S/C30H34FN3O4S/c1-22-9-8-10-24(19-22)20-33(23(2)30(36)32-26-11-6-7-12-26)29(35)21-34(27-17-15-25(31)16-18-27)39(37,38)28-13-4-3-5-14-28/h3-5,8-10,13-19,23,26H,6-7,11-12,20-21H2,1-2H3,(H,32,36)/t23-/m0/s1. The number of rotatable bonds is 10. The summed E-state index contributed by atoms with van der Waals surface area (Å²) in [6.07, 6.45) is 3.90. The molecule has 0 spiro atoms. The molecule has 2 amide bonds. The topological polar surface area (TPSA) is 86.8 Å². The van der Waals surface area contributed by atoms with Crippen LogP contribution in [-0.4, -0.2) is 43.8 Å². The van der Waals surface area contributed by atoms with Crippen molar-refractivity contribution in [1.29, 1.82) is 0 Å². The number of amides is 2. The van der Waals surface area contributed by atoms with Gasteiger partial charge in [0.15, 0.2) is 0 Å². The lowest BCUT2D eigenvalue weighted by atomic mass is 10.1. The fraction of sp³-hybridized carbons (Fsp3) is 0.333. The van der Waals surface area contributed by atoms with E-state index in [1.807, 2.05) is 31.2 Å². The van der Waals surface area contributed by atoms with Crippen LogP contribution >= 0.6 is 0 Å². The van der Waals surface area contributed by atoms with Crippen LogP contribution in [0.4, 0.5) is 10.1 Å². The van der Waals surface area contributed by atoms with Gasteiger partial charge in [-0.3, -0.25) is 13.9 Å². The van der Waals surface area contributed by atoms with Crippen molar-refractivity contribution in [2.45, 2.75) is 63.1 Å². The maximum Gasteiger partial charge on any atom is 0.264 e. The number of nitrogens with zero attached hydrogens (tertiary/aromatic N) is 2. The quantitative estimate of drug-likeness (QED) is 0.392. The first-order valence-corrected chi connectivity index (χ1v) is 14.6. The number of nitrogens with one attached hydrogen (secondary N) is 1. The Morgan fingerprint density at radius 2 is 1.64 bits per heavy atom. The SMILES string of the molecule is Cc1cccc(CN(C(=O)CN(c2ccc(F)cc2)S(=O)(=O)c2ccccc2)[C@@H](C)C(=O)NC2CCCC2)c1. The molecule has 1 aliphatic carbocycles. The zero-order chi connectivity index (χ0) is 28.0. The Labute approximate surface area is 229 Å². The van der Waals surface area contributed by atoms with Crippen molar-refractivity contribution in [3.8, 4) is 0 Å². The molecule has 0 bridgehead atoms. The van der Waals surface area contributed by atoms with Gasteiger partial charge in [0.05, 0.1) is 10.6 Å². The largest absolute Gasteiger partial charge is 0.352 e. The molecule has 1 N–H and O–H groups in total. The van der Waals surface area contributed by atoms with Gasteiger partial charge in [-0.1, -0.05) is 60.9 Å². The highest BCUT2D eigenvalue weighted by Crippen LogP contribution is 2.25. The van der Waals surface area contributed by atoms with Gasteiger partial charge in [-0.15, -0.1) is 0 Å². The summed E-state index contributed by atoms with van der Waals surface area (Å²) in [4.78, 5) is 28.6. The van der Waals surface area contributed by atoms with Gasteiger partial charge >= 0.3 is 0 Å². The smallest absolute Gasteiger partial charge is 0.264 e. The third kappa shape index (κ3) is 7.03. The number of sulfonamides is 1. The number of anilines is 1. The predicted molar refractivity (Wildman–Crippen MR) is 149 cm³/mol. The highest BCUT2D eigenvalue weighted by atomic mass is 32.2. The van der Waals surface area contributed by atoms with E-state index in [-0.39, 0.29) is 29.1 Å². The summed E-state index contributed by atoms with van der Waals surface area (Å²) in [5.41, 5.74) is 1.97. The molecule has 0 saturated heterocycles. The third-order valence-electron chi connectivity index (χ3n) is 7.03. The van der Waals surface area contributed by atoms with E-state index in [2.05, 4.69) is 5.32 Å². The van der Waals surface area contributed by atoms with Gasteiger partial charge in [-0.2, -0.15) is 0 Å². The van der Waals surface area contributed by atoms with Gasteiger partial charge in [0.25, 0.3) is 10.0 Å². The normalized spacial score (nSPS) is 14.5. The highest BCUT2D eigenvalue weighted by molar-refractivity contribution is 7.92. The molecule has 0 aliphatic heterocycles. The molecule has 3 aromatic rings. The Hall–Kier alpha value is -3.72. The molecule has 1 fully saturated rings. The van der Waals surface area contributed by atoms with Crippen molar-refractivity contribution in [2.24, 2.45) is 0 Å². The Morgan fingerprint density at radius 1 is 0.974 bits per heavy atom. The molecular weight excluding hydrogens is 517 g/mol. The second-order valence-electron chi connectivity index (χ2n) is 9.98. The van der Waals surface area contributed by atoms with E-state index in [4.69, 9.17) is 0 Å². The highest BCUT2D eigenvalue weighted by Gasteiger charge is 2.33. The number of carbonyl (C=O) groups is 2. The summed E-state index contributed by atoms with van der Waals surface area (Å²) in [7, 11) is -4.18. The van der Waals surface area contributed by atoms with Crippen LogP contribution in [0, 0.1) is 12.7 Å². The summed E-state index contributed by atoms with van der Waals surface area (Å²) in [5, 5.41) is 3.05. The molecule has 0 heterocycles. The molecule has 1 atom stereocenters. The van der Waals surface area contributed by atoms with E-state index in [9.17, 15) is 22.4 Å². The van der Waals surface area contributed by atoms with Crippen molar-refractivity contribution in [1.82, 2.24) is 10.2 Å². The molecule has 206 valence electrons. The van der Waals surface area contributed by atoms with Crippen LogP contribution in [0.1, 0.15) is 43.7 Å². The monoisotopic (exact) mass is 551 g/mol. The van der Waals surface area contributed by atoms with E-state index >= 15 is 0 Å². The molecule has 0 aromatic heterocycles. The molecule has 1 aliphatic rings. The van der Waals surface area contributed by atoms with Crippen LogP contribution < -0.4 is 9.62 Å². The van der Waals surface area contributed by atoms with E-state index in [1.54, 1.807) is 25.1 Å². The van der Waals surface area contributed by atoms with Crippen LogP contribution in [0.15, 0.2) is 83.8 Å². The average Bonchev–Trinajstić information content (AvgIpc) is 3.44. The van der Waals surface area contributed by atoms with Gasteiger partial charge in [-0.05, 0) is 68.7 Å². The van der Waals surface area contributed by atoms with Crippen molar-refractivity contribution in [3.63, 3.8) is 0 Å². The van der Waals surface area contributed by atoms with E-state index < -0.39 is 34.3 Å². The van der Waals surface area contributed by atoms with Crippen LogP contribution in [0.5, 0.6) is 0 Å². The van der Waals surface area contributed by atoms with Gasteiger partial charge < -0.3 is 10.2 Å². The fourth-order valence-electron chi connectivity index (χ4n) is 4.84. The van der Waals surface area contributed by atoms with E-state index in [0.29, 0.717) is 0 Å². The predicted octanol–water partition coefficient (Wildman–Crippen LogP) is 4.81. The zero-order valence-electron chi connectivity index (χ0n) is 22.2. The summed E-state index contributed by atoms with van der Waals surface area (Å²) in [6, 6.07) is 19.6. The van der Waals surface area contributed by atoms with Crippen LogP contribution in [0.25, 0.3) is 0 Å². The molecule has 0 radical (unpaired) electrons. The lowest BCUT2D eigenvalue weighted by molar-refractivity contribution is -0.139. The maximum atomic E-state index is 13.9. The number of hydrogen-bond donors (Lipinski definition) is 1. The number of hydrogen-bond acceptors (Lipinski definition) is 4. The average molecular weight is 552 g/mol. The number of halogens is 1. The summed E-state index contributed by atoms with van der Waals surface area (Å²) >= 11 is 0. The molecular formula is C30H34FN3O4S. The molecule has 39 heavy (non-hydrogen) atoms. The van der Waals surface area contributed by atoms with Gasteiger partial charge in [0, 0.05) is 12.6 Å². The second-order valence-corrected chi connectivity index (χ2v) is 11.8. The number of aryl methyl sites for hydroxylation is 1. The summed E-state index contributed by atoms with van der Waals surface area (Å²) in [5.74, 6) is -1.35. The molecule has 7 nitrogen and oxygen atoms in total. The van der Waals surface area contributed by atoms with Crippen LogP contribution in [0.3, 0.4) is 0 Å². The van der Waals surface area contributed by atoms with E-state index in [1.165, 1.54) is 29.2 Å². The third-order valence-corrected chi connectivity index (χ3v) is 8.82. The van der Waals surface area contributed by atoms with Crippen molar-refractivity contribution < 1.29 is 22.4 Å². The summed E-state index contributed by atoms with van der Waals surface area (Å²) < 4.78 is 42.1.